The summed E-state index contributed by atoms with van der Waals surface area (Å²) in [6.07, 6.45) is 1.94. The SMILES string of the molecule is O=C(C[C@@]1(c2ccccc2)CC(=O)N(Cc2cccs2)C1=O)N1CCC(N2CCOCC2)CC1. The molecule has 3 amide bonds. The molecule has 180 valence electrons. The van der Waals surface area contributed by atoms with Gasteiger partial charge in [0.1, 0.15) is 0 Å². The Labute approximate surface area is 204 Å². The highest BCUT2D eigenvalue weighted by molar-refractivity contribution is 7.09. The number of piperidine rings is 1. The van der Waals surface area contributed by atoms with Crippen LogP contribution in [0.25, 0.3) is 0 Å². The Morgan fingerprint density at radius 3 is 2.41 bits per heavy atom. The predicted octanol–water partition coefficient (Wildman–Crippen LogP) is 2.66. The van der Waals surface area contributed by atoms with Gasteiger partial charge in [0.15, 0.2) is 0 Å². The molecule has 4 heterocycles. The van der Waals surface area contributed by atoms with Crippen LogP contribution in [0.5, 0.6) is 0 Å². The Hall–Kier alpha value is -2.55. The maximum absolute atomic E-state index is 13.8. The summed E-state index contributed by atoms with van der Waals surface area (Å²) in [5, 5.41) is 1.94. The van der Waals surface area contributed by atoms with E-state index in [1.165, 1.54) is 16.2 Å². The van der Waals surface area contributed by atoms with Crippen molar-refractivity contribution in [3.05, 3.63) is 58.3 Å². The van der Waals surface area contributed by atoms with Crippen molar-refractivity contribution >= 4 is 29.1 Å². The first-order chi connectivity index (χ1) is 16.6. The van der Waals surface area contributed by atoms with Crippen LogP contribution in [-0.4, -0.2) is 77.9 Å². The van der Waals surface area contributed by atoms with E-state index in [-0.39, 0.29) is 37.1 Å². The topological polar surface area (TPSA) is 70.2 Å². The first-order valence-electron chi connectivity index (χ1n) is 12.1. The zero-order chi connectivity index (χ0) is 23.5. The molecule has 3 aliphatic rings. The Morgan fingerprint density at radius 1 is 1.00 bits per heavy atom. The number of morpholine rings is 1. The van der Waals surface area contributed by atoms with Crippen LogP contribution in [0, 0.1) is 0 Å². The molecule has 0 bridgehead atoms. The molecule has 0 saturated carbocycles. The van der Waals surface area contributed by atoms with E-state index in [0.29, 0.717) is 19.1 Å². The molecule has 3 saturated heterocycles. The summed E-state index contributed by atoms with van der Waals surface area (Å²) in [5.74, 6) is -0.502. The molecule has 0 unspecified atom stereocenters. The molecule has 5 rings (SSSR count). The van der Waals surface area contributed by atoms with Crippen molar-refractivity contribution in [1.29, 1.82) is 0 Å². The van der Waals surface area contributed by atoms with Crippen LogP contribution in [0.1, 0.15) is 36.1 Å². The zero-order valence-corrected chi connectivity index (χ0v) is 20.2. The quantitative estimate of drug-likeness (QED) is 0.594. The van der Waals surface area contributed by atoms with Gasteiger partial charge in [-0.05, 0) is 29.9 Å². The van der Waals surface area contributed by atoms with Crippen LogP contribution in [0.3, 0.4) is 0 Å². The number of imide groups is 1. The summed E-state index contributed by atoms with van der Waals surface area (Å²) in [6.45, 7) is 5.09. The lowest BCUT2D eigenvalue weighted by Gasteiger charge is -2.40. The van der Waals surface area contributed by atoms with Gasteiger partial charge in [-0.2, -0.15) is 0 Å². The van der Waals surface area contributed by atoms with Crippen LogP contribution >= 0.6 is 11.3 Å². The molecule has 7 nitrogen and oxygen atoms in total. The number of carbonyl (C=O) groups is 3. The van der Waals surface area contributed by atoms with Crippen molar-refractivity contribution in [2.75, 3.05) is 39.4 Å². The Bertz CT molecular complexity index is 1010. The predicted molar refractivity (Wildman–Crippen MR) is 129 cm³/mol. The Balaban J connectivity index is 1.32. The number of amides is 3. The third kappa shape index (κ3) is 4.54. The highest BCUT2D eigenvalue weighted by Gasteiger charge is 2.54. The van der Waals surface area contributed by atoms with Crippen molar-refractivity contribution in [2.24, 2.45) is 0 Å². The van der Waals surface area contributed by atoms with E-state index in [0.717, 1.165) is 49.6 Å². The lowest BCUT2D eigenvalue weighted by Crippen LogP contribution is -2.51. The van der Waals surface area contributed by atoms with E-state index >= 15 is 0 Å². The van der Waals surface area contributed by atoms with Crippen LogP contribution in [0.4, 0.5) is 0 Å². The number of thiophene rings is 1. The van der Waals surface area contributed by atoms with E-state index in [9.17, 15) is 14.4 Å². The van der Waals surface area contributed by atoms with Crippen LogP contribution in [0.15, 0.2) is 47.8 Å². The molecule has 0 aliphatic carbocycles. The van der Waals surface area contributed by atoms with Crippen molar-refractivity contribution in [3.8, 4) is 0 Å². The number of likely N-dealkylation sites (tertiary alicyclic amines) is 2. The van der Waals surface area contributed by atoms with Gasteiger partial charge in [0.05, 0.1) is 25.2 Å². The molecular weight excluding hydrogens is 450 g/mol. The fraction of sp³-hybridized carbons (Fsp3) is 0.500. The maximum atomic E-state index is 13.8. The van der Waals surface area contributed by atoms with Crippen molar-refractivity contribution < 1.29 is 19.1 Å². The van der Waals surface area contributed by atoms with Gasteiger partial charge in [-0.3, -0.25) is 24.2 Å². The number of nitrogens with zero attached hydrogens (tertiary/aromatic N) is 3. The van der Waals surface area contributed by atoms with E-state index in [4.69, 9.17) is 4.74 Å². The van der Waals surface area contributed by atoms with E-state index in [1.54, 1.807) is 0 Å². The molecule has 3 aliphatic heterocycles. The van der Waals surface area contributed by atoms with Crippen molar-refractivity contribution in [1.82, 2.24) is 14.7 Å². The summed E-state index contributed by atoms with van der Waals surface area (Å²) in [7, 11) is 0. The number of benzene rings is 1. The van der Waals surface area contributed by atoms with E-state index < -0.39 is 5.41 Å². The van der Waals surface area contributed by atoms with Crippen molar-refractivity contribution in [3.63, 3.8) is 0 Å². The number of ether oxygens (including phenoxy) is 1. The molecule has 2 aromatic rings. The molecular formula is C26H31N3O4S. The first-order valence-corrected chi connectivity index (χ1v) is 13.0. The summed E-state index contributed by atoms with van der Waals surface area (Å²) >= 11 is 1.53. The molecule has 0 radical (unpaired) electrons. The van der Waals surface area contributed by atoms with Gasteiger partial charge in [0.2, 0.25) is 17.7 Å². The van der Waals surface area contributed by atoms with E-state index in [2.05, 4.69) is 4.90 Å². The molecule has 1 atom stereocenters. The normalized spacial score (nSPS) is 24.7. The second-order valence-electron chi connectivity index (χ2n) is 9.43. The summed E-state index contributed by atoms with van der Waals surface area (Å²) < 4.78 is 5.47. The molecule has 1 aromatic heterocycles. The van der Waals surface area contributed by atoms with Crippen molar-refractivity contribution in [2.45, 2.75) is 43.7 Å². The molecule has 1 aromatic carbocycles. The standard InChI is InChI=1S/C26H31N3O4S/c30-23(28-10-8-21(9-11-28)27-12-14-33-15-13-27)17-26(20-5-2-1-3-6-20)18-24(31)29(25(26)32)19-22-7-4-16-34-22/h1-7,16,21H,8-15,17-19H2/t26-/m0/s1. The van der Waals surface area contributed by atoms with Gasteiger partial charge < -0.3 is 9.64 Å². The fourth-order valence-electron chi connectivity index (χ4n) is 5.54. The number of hydrogen-bond donors (Lipinski definition) is 0. The van der Waals surface area contributed by atoms with Gasteiger partial charge in [-0.15, -0.1) is 11.3 Å². The minimum Gasteiger partial charge on any atom is -0.379 e. The number of hydrogen-bond acceptors (Lipinski definition) is 6. The fourth-order valence-corrected chi connectivity index (χ4v) is 6.23. The van der Waals surface area contributed by atoms with E-state index in [1.807, 2.05) is 52.7 Å². The average Bonchev–Trinajstić information content (AvgIpc) is 3.48. The third-order valence-electron chi connectivity index (χ3n) is 7.46. The van der Waals surface area contributed by atoms with Crippen LogP contribution in [0.2, 0.25) is 0 Å². The van der Waals surface area contributed by atoms with Gasteiger partial charge in [0, 0.05) is 49.9 Å². The number of carbonyl (C=O) groups excluding carboxylic acids is 3. The summed E-state index contributed by atoms with van der Waals surface area (Å²) in [5.41, 5.74) is -0.383. The van der Waals surface area contributed by atoms with Gasteiger partial charge in [0.25, 0.3) is 0 Å². The minimum absolute atomic E-state index is 0.0325. The summed E-state index contributed by atoms with van der Waals surface area (Å²) in [4.78, 5) is 47.0. The molecule has 3 fully saturated rings. The first kappa shape index (κ1) is 23.2. The molecule has 34 heavy (non-hydrogen) atoms. The molecule has 8 heteroatoms. The molecule has 0 spiro atoms. The zero-order valence-electron chi connectivity index (χ0n) is 19.4. The average molecular weight is 482 g/mol. The monoisotopic (exact) mass is 481 g/mol. The second kappa shape index (κ2) is 9.98. The smallest absolute Gasteiger partial charge is 0.241 e. The summed E-state index contributed by atoms with van der Waals surface area (Å²) in [6, 6.07) is 13.7. The minimum atomic E-state index is -1.13. The largest absolute Gasteiger partial charge is 0.379 e. The second-order valence-corrected chi connectivity index (χ2v) is 10.5. The Kier molecular flexibility index (Phi) is 6.81. The van der Waals surface area contributed by atoms with Gasteiger partial charge in [-0.1, -0.05) is 36.4 Å². The Morgan fingerprint density at radius 2 is 1.74 bits per heavy atom. The molecule has 0 N–H and O–H groups in total. The highest BCUT2D eigenvalue weighted by atomic mass is 32.1. The third-order valence-corrected chi connectivity index (χ3v) is 8.32. The van der Waals surface area contributed by atoms with Crippen LogP contribution in [-0.2, 0) is 31.1 Å². The van der Waals surface area contributed by atoms with Gasteiger partial charge in [-0.25, -0.2) is 0 Å². The highest BCUT2D eigenvalue weighted by Crippen LogP contribution is 2.41. The number of rotatable bonds is 6. The van der Waals surface area contributed by atoms with Gasteiger partial charge >= 0.3 is 0 Å². The maximum Gasteiger partial charge on any atom is 0.241 e. The lowest BCUT2D eigenvalue weighted by molar-refractivity contribution is -0.143. The van der Waals surface area contributed by atoms with Crippen LogP contribution < -0.4 is 0 Å². The lowest BCUT2D eigenvalue weighted by atomic mass is 9.75.